The maximum atomic E-state index is 12.5. The second kappa shape index (κ2) is 14.4. The average Bonchev–Trinajstić information content (AvgIpc) is 2.62. The van der Waals surface area contributed by atoms with Crippen LogP contribution in [0.15, 0.2) is 0 Å². The van der Waals surface area contributed by atoms with Crippen LogP contribution < -0.4 is 11.5 Å². The largest absolute Gasteiger partial charge is 0.468 e. The summed E-state index contributed by atoms with van der Waals surface area (Å²) in [6, 6.07) is -1.83. The Hall–Kier alpha value is -0.770. The highest BCUT2D eigenvalue weighted by Crippen LogP contribution is 2.31. The van der Waals surface area contributed by atoms with Gasteiger partial charge in [0.05, 0.1) is 19.5 Å². The van der Waals surface area contributed by atoms with Gasteiger partial charge in [-0.05, 0) is 6.42 Å². The summed E-state index contributed by atoms with van der Waals surface area (Å²) in [6.45, 7) is 2.13. The molecule has 9 heteroatoms. The van der Waals surface area contributed by atoms with Crippen LogP contribution in [0.4, 0.5) is 0 Å². The molecule has 0 saturated carbocycles. The van der Waals surface area contributed by atoms with Crippen LogP contribution in [0.25, 0.3) is 0 Å². The number of ether oxygens (including phenoxy) is 2. The minimum atomic E-state index is -1.04. The van der Waals surface area contributed by atoms with Gasteiger partial charge in [-0.25, -0.2) is 0 Å². The first-order chi connectivity index (χ1) is 11.9. The van der Waals surface area contributed by atoms with Crippen LogP contribution in [-0.4, -0.2) is 55.0 Å². The Labute approximate surface area is 157 Å². The van der Waals surface area contributed by atoms with Crippen molar-refractivity contribution in [1.29, 1.82) is 0 Å². The first-order valence-electron chi connectivity index (χ1n) is 8.36. The van der Waals surface area contributed by atoms with E-state index < -0.39 is 29.3 Å². The normalized spacial score (nSPS) is 14.4. The van der Waals surface area contributed by atoms with Gasteiger partial charge in [-0.15, -0.1) is 0 Å². The number of hydrogen-bond acceptors (Lipinski definition) is 9. The van der Waals surface area contributed by atoms with Crippen LogP contribution in [-0.2, 0) is 23.9 Å². The van der Waals surface area contributed by atoms with Gasteiger partial charge in [0.15, 0.2) is 0 Å². The van der Waals surface area contributed by atoms with Gasteiger partial charge < -0.3 is 20.9 Å². The summed E-state index contributed by atoms with van der Waals surface area (Å²) in [4.78, 5) is 35.5. The molecule has 0 saturated heterocycles. The van der Waals surface area contributed by atoms with Crippen molar-refractivity contribution >= 4 is 39.3 Å². The monoisotopic (exact) mass is 394 g/mol. The van der Waals surface area contributed by atoms with E-state index >= 15 is 0 Å². The molecule has 0 aliphatic rings. The fourth-order valence-electron chi connectivity index (χ4n) is 2.02. The van der Waals surface area contributed by atoms with Crippen molar-refractivity contribution in [3.63, 3.8) is 0 Å². The van der Waals surface area contributed by atoms with Gasteiger partial charge in [0, 0.05) is 12.2 Å². The summed E-state index contributed by atoms with van der Waals surface area (Å²) in [6.07, 6.45) is 5.50. The molecule has 0 fully saturated rings. The van der Waals surface area contributed by atoms with E-state index in [2.05, 4.69) is 16.4 Å². The molecule has 3 atom stereocenters. The van der Waals surface area contributed by atoms with Gasteiger partial charge in [0.25, 0.3) is 0 Å². The van der Waals surface area contributed by atoms with Crippen molar-refractivity contribution in [2.24, 2.45) is 11.5 Å². The third-order valence-corrected chi connectivity index (χ3v) is 6.40. The average molecular weight is 395 g/mol. The van der Waals surface area contributed by atoms with E-state index in [-0.39, 0.29) is 11.5 Å². The fraction of sp³-hybridized carbons (Fsp3) is 0.812. The zero-order valence-electron chi connectivity index (χ0n) is 15.2. The second-order valence-corrected chi connectivity index (χ2v) is 8.16. The minimum Gasteiger partial charge on any atom is -0.468 e. The van der Waals surface area contributed by atoms with Crippen molar-refractivity contribution < 1.29 is 23.9 Å². The number of esters is 2. The van der Waals surface area contributed by atoms with Gasteiger partial charge in [0.1, 0.15) is 17.9 Å². The Balaban J connectivity index is 4.57. The Morgan fingerprint density at radius 1 is 0.960 bits per heavy atom. The highest BCUT2D eigenvalue weighted by Gasteiger charge is 2.32. The Morgan fingerprint density at radius 2 is 1.56 bits per heavy atom. The first kappa shape index (κ1) is 24.2. The molecule has 25 heavy (non-hydrogen) atoms. The first-order valence-corrected chi connectivity index (χ1v) is 10.7. The molecule has 0 spiro atoms. The molecule has 0 aromatic rings. The van der Waals surface area contributed by atoms with Crippen molar-refractivity contribution in [3.8, 4) is 0 Å². The maximum Gasteiger partial charge on any atom is 0.324 e. The zero-order chi connectivity index (χ0) is 19.2. The van der Waals surface area contributed by atoms with Crippen LogP contribution in [0, 0.1) is 0 Å². The van der Waals surface area contributed by atoms with Crippen molar-refractivity contribution in [1.82, 2.24) is 0 Å². The Bertz CT molecular complexity index is 423. The number of carbonyl (C=O) groups excluding carboxylic acids is 3. The lowest BCUT2D eigenvalue weighted by molar-refractivity contribution is -0.143. The number of ketones is 1. The second-order valence-electron chi connectivity index (χ2n) is 5.61. The highest BCUT2D eigenvalue weighted by molar-refractivity contribution is 8.77. The molecule has 0 aliphatic carbocycles. The third kappa shape index (κ3) is 10.1. The minimum absolute atomic E-state index is 0.0847. The van der Waals surface area contributed by atoms with E-state index in [4.69, 9.17) is 11.5 Å². The quantitative estimate of drug-likeness (QED) is 0.257. The molecule has 0 amide bonds. The van der Waals surface area contributed by atoms with E-state index in [1.165, 1.54) is 25.0 Å². The molecule has 0 aliphatic heterocycles. The lowest BCUT2D eigenvalue weighted by Crippen LogP contribution is -2.45. The molecular formula is C16H30N2O5S2. The van der Waals surface area contributed by atoms with Gasteiger partial charge in [-0.3, -0.25) is 14.4 Å². The molecule has 146 valence electrons. The van der Waals surface area contributed by atoms with Crippen LogP contribution in [0.5, 0.6) is 0 Å². The molecule has 0 rings (SSSR count). The zero-order valence-corrected chi connectivity index (χ0v) is 16.8. The number of nitrogens with two attached hydrogens (primary N) is 2. The molecule has 1 unspecified atom stereocenters. The van der Waals surface area contributed by atoms with E-state index in [0.717, 1.165) is 42.9 Å². The van der Waals surface area contributed by atoms with Gasteiger partial charge in [-0.1, -0.05) is 54.2 Å². The van der Waals surface area contributed by atoms with Crippen LogP contribution in [0.1, 0.15) is 45.4 Å². The van der Waals surface area contributed by atoms with Crippen LogP contribution in [0.2, 0.25) is 0 Å². The number of rotatable bonds is 14. The highest BCUT2D eigenvalue weighted by atomic mass is 33.1. The number of hydrogen-bond donors (Lipinski definition) is 2. The molecule has 4 N–H and O–H groups in total. The molecule has 7 nitrogen and oxygen atoms in total. The number of methoxy groups -OCH3 is 2. The predicted molar refractivity (Wildman–Crippen MR) is 102 cm³/mol. The number of unbranched alkanes of at least 4 members (excludes halogenated alkanes) is 4. The van der Waals surface area contributed by atoms with E-state index in [1.54, 1.807) is 0 Å². The topological polar surface area (TPSA) is 122 Å². The molecule has 0 bridgehead atoms. The third-order valence-electron chi connectivity index (χ3n) is 3.57. The van der Waals surface area contributed by atoms with E-state index in [0.29, 0.717) is 6.42 Å². The summed E-state index contributed by atoms with van der Waals surface area (Å²) in [5, 5.41) is -0.728. The fourth-order valence-corrected chi connectivity index (χ4v) is 4.78. The Kier molecular flexibility index (Phi) is 14.0. The SMILES string of the molecule is CCCCCCCC(=O)C(SSC[C@H](N)C(=O)OC)[C@H](N)C(=O)OC. The summed E-state index contributed by atoms with van der Waals surface area (Å²) < 4.78 is 9.20. The lowest BCUT2D eigenvalue weighted by atomic mass is 10.0. The number of carbonyl (C=O) groups is 3. The van der Waals surface area contributed by atoms with E-state index in [9.17, 15) is 14.4 Å². The maximum absolute atomic E-state index is 12.5. The number of Topliss-reactive ketones (excluding diaryl/α,β-unsaturated/α-hetero) is 1. The smallest absolute Gasteiger partial charge is 0.324 e. The van der Waals surface area contributed by atoms with Gasteiger partial charge in [0.2, 0.25) is 0 Å². The summed E-state index contributed by atoms with van der Waals surface area (Å²) in [5.41, 5.74) is 11.5. The van der Waals surface area contributed by atoms with Crippen molar-refractivity contribution in [3.05, 3.63) is 0 Å². The van der Waals surface area contributed by atoms with Crippen molar-refractivity contribution in [2.75, 3.05) is 20.0 Å². The van der Waals surface area contributed by atoms with Crippen LogP contribution >= 0.6 is 21.6 Å². The molecule has 0 aromatic heterocycles. The summed E-state index contributed by atoms with van der Waals surface area (Å²) >= 11 is 0. The lowest BCUT2D eigenvalue weighted by Gasteiger charge is -2.20. The molecule has 0 radical (unpaired) electrons. The molecule has 0 heterocycles. The van der Waals surface area contributed by atoms with Gasteiger partial charge in [-0.2, -0.15) is 0 Å². The van der Waals surface area contributed by atoms with Crippen molar-refractivity contribution in [2.45, 2.75) is 62.8 Å². The van der Waals surface area contributed by atoms with E-state index in [1.807, 2.05) is 0 Å². The Morgan fingerprint density at radius 3 is 2.12 bits per heavy atom. The summed E-state index contributed by atoms with van der Waals surface area (Å²) in [7, 11) is 4.88. The van der Waals surface area contributed by atoms with Crippen LogP contribution in [0.3, 0.4) is 0 Å². The summed E-state index contributed by atoms with van der Waals surface area (Å²) in [5.74, 6) is -0.983. The predicted octanol–water partition coefficient (Wildman–Crippen LogP) is 1.67. The standard InChI is InChI=1S/C16H30N2O5S2/c1-4-5-6-7-8-9-12(19)14(13(18)16(21)23-3)25-24-10-11(17)15(20)22-2/h11,13-14H,4-10,17-18H2,1-3H3/t11-,13-,14?/m0/s1. The van der Waals surface area contributed by atoms with Gasteiger partial charge >= 0.3 is 11.9 Å². The molecule has 0 aromatic carbocycles. The molecular weight excluding hydrogens is 364 g/mol.